The molecule has 2 aliphatic rings. The first-order valence-corrected chi connectivity index (χ1v) is 11.8. The average molecular weight is 446 g/mol. The van der Waals surface area contributed by atoms with Crippen molar-refractivity contribution in [1.29, 1.82) is 0 Å². The second-order valence-corrected chi connectivity index (χ2v) is 9.64. The van der Waals surface area contributed by atoms with Gasteiger partial charge in [0.15, 0.2) is 0 Å². The standard InChI is InChI=1S/C22H24FN3O4S/c23-19-3-1-2-4-20(19)25-31(29,30)18-9-7-16(8-10-18)22(28)26-13-11-17(12-14-26)24-21(27)15-5-6-15/h1-4,7-10,15,17,25H,5-6,11-14H2,(H,24,27). The van der Waals surface area contributed by atoms with E-state index in [2.05, 4.69) is 10.0 Å². The lowest BCUT2D eigenvalue weighted by atomic mass is 10.0. The van der Waals surface area contributed by atoms with Crippen molar-refractivity contribution in [3.63, 3.8) is 0 Å². The van der Waals surface area contributed by atoms with Crippen molar-refractivity contribution in [3.05, 3.63) is 59.9 Å². The Morgan fingerprint density at radius 2 is 1.58 bits per heavy atom. The van der Waals surface area contributed by atoms with Gasteiger partial charge < -0.3 is 10.2 Å². The van der Waals surface area contributed by atoms with Crippen molar-refractivity contribution in [2.45, 2.75) is 36.6 Å². The third-order valence-corrected chi connectivity index (χ3v) is 6.99. The molecule has 1 saturated heterocycles. The van der Waals surface area contributed by atoms with Crippen LogP contribution in [0.1, 0.15) is 36.0 Å². The molecule has 2 fully saturated rings. The van der Waals surface area contributed by atoms with Gasteiger partial charge in [-0.25, -0.2) is 12.8 Å². The van der Waals surface area contributed by atoms with Crippen molar-refractivity contribution in [3.8, 4) is 0 Å². The van der Waals surface area contributed by atoms with Gasteiger partial charge in [-0.3, -0.25) is 14.3 Å². The zero-order chi connectivity index (χ0) is 22.0. The molecule has 0 atom stereocenters. The van der Waals surface area contributed by atoms with Crippen LogP contribution in [0.3, 0.4) is 0 Å². The van der Waals surface area contributed by atoms with Gasteiger partial charge in [0.2, 0.25) is 5.91 Å². The number of hydrogen-bond acceptors (Lipinski definition) is 4. The van der Waals surface area contributed by atoms with E-state index in [4.69, 9.17) is 0 Å². The number of nitrogens with one attached hydrogen (secondary N) is 2. The summed E-state index contributed by atoms with van der Waals surface area (Å²) in [6.45, 7) is 1.06. The number of rotatable bonds is 6. The van der Waals surface area contributed by atoms with Crippen LogP contribution in [0, 0.1) is 11.7 Å². The molecule has 31 heavy (non-hydrogen) atoms. The van der Waals surface area contributed by atoms with Gasteiger partial charge in [0.25, 0.3) is 15.9 Å². The van der Waals surface area contributed by atoms with Crippen LogP contribution >= 0.6 is 0 Å². The number of anilines is 1. The minimum Gasteiger partial charge on any atom is -0.353 e. The lowest BCUT2D eigenvalue weighted by molar-refractivity contribution is -0.123. The summed E-state index contributed by atoms with van der Waals surface area (Å²) < 4.78 is 41.0. The SMILES string of the molecule is O=C(NC1CCN(C(=O)c2ccc(S(=O)(=O)Nc3ccccc3F)cc2)CC1)C1CC1. The topological polar surface area (TPSA) is 95.6 Å². The molecular weight excluding hydrogens is 421 g/mol. The summed E-state index contributed by atoms with van der Waals surface area (Å²) in [5, 5.41) is 3.05. The van der Waals surface area contributed by atoms with Crippen LogP contribution < -0.4 is 10.0 Å². The molecule has 0 aromatic heterocycles. The number of piperidine rings is 1. The summed E-state index contributed by atoms with van der Waals surface area (Å²) in [5.41, 5.74) is 0.240. The normalized spacial score (nSPS) is 17.3. The highest BCUT2D eigenvalue weighted by Crippen LogP contribution is 2.29. The molecule has 1 saturated carbocycles. The first-order chi connectivity index (χ1) is 14.8. The number of sulfonamides is 1. The lowest BCUT2D eigenvalue weighted by Crippen LogP contribution is -2.46. The quantitative estimate of drug-likeness (QED) is 0.715. The van der Waals surface area contributed by atoms with Gasteiger partial charge in [-0.15, -0.1) is 0 Å². The van der Waals surface area contributed by atoms with Gasteiger partial charge in [0.05, 0.1) is 10.6 Å². The van der Waals surface area contributed by atoms with Crippen LogP contribution in [0.5, 0.6) is 0 Å². The maximum Gasteiger partial charge on any atom is 0.261 e. The zero-order valence-corrected chi connectivity index (χ0v) is 17.7. The first-order valence-electron chi connectivity index (χ1n) is 10.3. The molecule has 2 aromatic rings. The second-order valence-electron chi connectivity index (χ2n) is 7.96. The Bertz CT molecular complexity index is 1080. The maximum atomic E-state index is 13.8. The summed E-state index contributed by atoms with van der Waals surface area (Å²) in [4.78, 5) is 26.3. The molecule has 0 radical (unpaired) electrons. The van der Waals surface area contributed by atoms with E-state index in [1.54, 1.807) is 4.90 Å². The molecule has 2 N–H and O–H groups in total. The van der Waals surface area contributed by atoms with Gasteiger partial charge in [-0.1, -0.05) is 12.1 Å². The fraction of sp³-hybridized carbons (Fsp3) is 0.364. The summed E-state index contributed by atoms with van der Waals surface area (Å²) >= 11 is 0. The molecule has 0 unspecified atom stereocenters. The fourth-order valence-electron chi connectivity index (χ4n) is 3.60. The number of halogens is 1. The van der Waals surface area contributed by atoms with E-state index in [9.17, 15) is 22.4 Å². The predicted molar refractivity (Wildman–Crippen MR) is 113 cm³/mol. The fourth-order valence-corrected chi connectivity index (χ4v) is 4.67. The van der Waals surface area contributed by atoms with Crippen LogP contribution in [0.15, 0.2) is 53.4 Å². The maximum absolute atomic E-state index is 13.8. The van der Waals surface area contributed by atoms with Crippen molar-refractivity contribution >= 4 is 27.5 Å². The molecule has 7 nitrogen and oxygen atoms in total. The molecule has 1 aliphatic heterocycles. The molecule has 164 valence electrons. The number of carbonyl (C=O) groups is 2. The van der Waals surface area contributed by atoms with Crippen molar-refractivity contribution in [2.24, 2.45) is 5.92 Å². The van der Waals surface area contributed by atoms with E-state index < -0.39 is 15.8 Å². The predicted octanol–water partition coefficient (Wildman–Crippen LogP) is 2.76. The molecule has 2 amide bonds. The van der Waals surface area contributed by atoms with E-state index >= 15 is 0 Å². The smallest absolute Gasteiger partial charge is 0.261 e. The van der Waals surface area contributed by atoms with Gasteiger partial charge in [-0.05, 0) is 62.1 Å². The van der Waals surface area contributed by atoms with E-state index in [1.807, 2.05) is 0 Å². The van der Waals surface area contributed by atoms with E-state index in [0.29, 0.717) is 31.5 Å². The molecule has 4 rings (SSSR count). The summed E-state index contributed by atoms with van der Waals surface area (Å²) in [7, 11) is -3.98. The van der Waals surface area contributed by atoms with Crippen molar-refractivity contribution in [2.75, 3.05) is 17.8 Å². The largest absolute Gasteiger partial charge is 0.353 e. The zero-order valence-electron chi connectivity index (χ0n) is 16.9. The van der Waals surface area contributed by atoms with Crippen LogP contribution in [-0.2, 0) is 14.8 Å². The number of benzene rings is 2. The lowest BCUT2D eigenvalue weighted by Gasteiger charge is -2.32. The summed E-state index contributed by atoms with van der Waals surface area (Å²) in [6.07, 6.45) is 3.32. The average Bonchev–Trinajstić information content (AvgIpc) is 3.61. The molecule has 1 aliphatic carbocycles. The Morgan fingerprint density at radius 1 is 0.935 bits per heavy atom. The minimum absolute atomic E-state index is 0.0613. The molecule has 0 bridgehead atoms. The molecule has 2 aromatic carbocycles. The first kappa shape index (κ1) is 21.3. The van der Waals surface area contributed by atoms with Gasteiger partial charge in [-0.2, -0.15) is 0 Å². The Morgan fingerprint density at radius 3 is 2.19 bits per heavy atom. The third kappa shape index (κ3) is 5.04. The highest BCUT2D eigenvalue weighted by atomic mass is 32.2. The Hall–Kier alpha value is -2.94. The van der Waals surface area contributed by atoms with Gasteiger partial charge >= 0.3 is 0 Å². The van der Waals surface area contributed by atoms with Gasteiger partial charge in [0, 0.05) is 30.6 Å². The van der Waals surface area contributed by atoms with E-state index in [1.165, 1.54) is 48.5 Å². The highest BCUT2D eigenvalue weighted by Gasteiger charge is 2.32. The minimum atomic E-state index is -3.98. The van der Waals surface area contributed by atoms with Crippen molar-refractivity contribution in [1.82, 2.24) is 10.2 Å². The molecule has 9 heteroatoms. The summed E-state index contributed by atoms with van der Waals surface area (Å²) in [6, 6.07) is 11.2. The molecule has 0 spiro atoms. The summed E-state index contributed by atoms with van der Waals surface area (Å²) in [5.74, 6) is -0.569. The highest BCUT2D eigenvalue weighted by molar-refractivity contribution is 7.92. The third-order valence-electron chi connectivity index (χ3n) is 5.61. The Balaban J connectivity index is 1.36. The van der Waals surface area contributed by atoms with Crippen molar-refractivity contribution < 1.29 is 22.4 Å². The number of carbonyl (C=O) groups excluding carboxylic acids is 2. The van der Waals surface area contributed by atoms with E-state index in [-0.39, 0.29) is 34.4 Å². The number of amides is 2. The second kappa shape index (κ2) is 8.66. The van der Waals surface area contributed by atoms with Crippen LogP contribution in [-0.4, -0.2) is 44.3 Å². The number of nitrogens with zero attached hydrogens (tertiary/aromatic N) is 1. The van der Waals surface area contributed by atoms with Crippen LogP contribution in [0.25, 0.3) is 0 Å². The molecule has 1 heterocycles. The monoisotopic (exact) mass is 445 g/mol. The number of likely N-dealkylation sites (tertiary alicyclic amines) is 1. The Labute approximate surface area is 180 Å². The van der Waals surface area contributed by atoms with Gasteiger partial charge in [0.1, 0.15) is 5.82 Å². The van der Waals surface area contributed by atoms with Crippen LogP contribution in [0.4, 0.5) is 10.1 Å². The van der Waals surface area contributed by atoms with E-state index in [0.717, 1.165) is 12.8 Å². The number of hydrogen-bond donors (Lipinski definition) is 2. The van der Waals surface area contributed by atoms with Crippen LogP contribution in [0.2, 0.25) is 0 Å². The Kier molecular flexibility index (Phi) is 5.95. The number of para-hydroxylation sites is 1. The molecular formula is C22H24FN3O4S.